The molecule has 168 valence electrons. The molecule has 2 bridgehead atoms. The topological polar surface area (TPSA) is 92.2 Å². The lowest BCUT2D eigenvalue weighted by molar-refractivity contribution is -0.126. The van der Waals surface area contributed by atoms with E-state index in [1.165, 1.54) is 18.4 Å². The summed E-state index contributed by atoms with van der Waals surface area (Å²) < 4.78 is 1.75. The Bertz CT molecular complexity index is 1090. The Kier molecular flexibility index (Phi) is 5.68. The minimum Gasteiger partial charge on any atom is -0.370 e. The summed E-state index contributed by atoms with van der Waals surface area (Å²) >= 11 is 0. The standard InChI is InChI=1S/C24H30N6O2/c1-25-22-23(27-11-10-26-22)29-14-17-12-18(15-29)21(30-19(17)8-5-9-20(30)31)24(32)28-13-16-6-3-2-4-7-16/h5-6,8-11,17-18,21H,2-4,7,12-15H2,1H3,(H,25,26)(H,28,32)/t17-,18+,21+/m0/s1. The van der Waals surface area contributed by atoms with Gasteiger partial charge in [0.05, 0.1) is 0 Å². The van der Waals surface area contributed by atoms with Gasteiger partial charge in [0.1, 0.15) is 6.04 Å². The Morgan fingerprint density at radius 1 is 1.19 bits per heavy atom. The molecule has 0 radical (unpaired) electrons. The number of nitrogens with one attached hydrogen (secondary N) is 2. The highest BCUT2D eigenvalue weighted by Gasteiger charge is 2.44. The molecule has 1 aliphatic carbocycles. The van der Waals surface area contributed by atoms with Crippen LogP contribution in [0, 0.1) is 5.92 Å². The predicted molar refractivity (Wildman–Crippen MR) is 124 cm³/mol. The third-order valence-corrected chi connectivity index (χ3v) is 7.01. The maximum absolute atomic E-state index is 13.5. The summed E-state index contributed by atoms with van der Waals surface area (Å²) in [6, 6.07) is 4.84. The molecule has 1 saturated heterocycles. The first-order valence-corrected chi connectivity index (χ1v) is 11.6. The quantitative estimate of drug-likeness (QED) is 0.703. The van der Waals surface area contributed by atoms with Gasteiger partial charge in [0.2, 0.25) is 5.91 Å². The number of hydrogen-bond acceptors (Lipinski definition) is 6. The number of allylic oxidation sites excluding steroid dienone is 1. The van der Waals surface area contributed by atoms with Crippen molar-refractivity contribution in [1.29, 1.82) is 0 Å². The van der Waals surface area contributed by atoms with E-state index in [-0.39, 0.29) is 23.3 Å². The summed E-state index contributed by atoms with van der Waals surface area (Å²) in [5, 5.41) is 6.27. The number of carbonyl (C=O) groups is 1. The van der Waals surface area contributed by atoms with Gasteiger partial charge in [-0.15, -0.1) is 0 Å². The Hall–Kier alpha value is -3.16. The molecule has 5 rings (SSSR count). The molecule has 32 heavy (non-hydrogen) atoms. The maximum Gasteiger partial charge on any atom is 0.251 e. The van der Waals surface area contributed by atoms with Crippen molar-refractivity contribution < 1.29 is 4.79 Å². The highest BCUT2D eigenvalue weighted by molar-refractivity contribution is 5.81. The molecule has 0 unspecified atom stereocenters. The third-order valence-electron chi connectivity index (χ3n) is 7.01. The van der Waals surface area contributed by atoms with E-state index in [4.69, 9.17) is 0 Å². The molecule has 0 spiro atoms. The number of rotatable bonds is 5. The lowest BCUT2D eigenvalue weighted by atomic mass is 9.78. The van der Waals surface area contributed by atoms with Gasteiger partial charge < -0.3 is 15.5 Å². The van der Waals surface area contributed by atoms with Crippen molar-refractivity contribution >= 4 is 17.5 Å². The van der Waals surface area contributed by atoms with Crippen molar-refractivity contribution in [2.75, 3.05) is 36.9 Å². The molecule has 0 aromatic carbocycles. The van der Waals surface area contributed by atoms with Gasteiger partial charge in [-0.05, 0) is 38.2 Å². The van der Waals surface area contributed by atoms with Gasteiger partial charge in [-0.2, -0.15) is 0 Å². The summed E-state index contributed by atoms with van der Waals surface area (Å²) in [6.45, 7) is 1.97. The number of carbonyl (C=O) groups excluding carboxylic acids is 1. The van der Waals surface area contributed by atoms with Gasteiger partial charge in [-0.3, -0.25) is 14.2 Å². The van der Waals surface area contributed by atoms with Crippen molar-refractivity contribution in [2.24, 2.45) is 5.92 Å². The number of aromatic nitrogens is 3. The first-order chi connectivity index (χ1) is 15.7. The van der Waals surface area contributed by atoms with E-state index >= 15 is 0 Å². The second-order valence-electron chi connectivity index (χ2n) is 9.01. The normalized spacial score (nSPS) is 24.3. The van der Waals surface area contributed by atoms with Crippen LogP contribution in [-0.2, 0) is 4.79 Å². The van der Waals surface area contributed by atoms with Crippen LogP contribution in [0.3, 0.4) is 0 Å². The molecule has 1 fully saturated rings. The van der Waals surface area contributed by atoms with Gasteiger partial charge in [0.15, 0.2) is 11.6 Å². The lowest BCUT2D eigenvalue weighted by Crippen LogP contribution is -2.53. The second kappa shape index (κ2) is 8.76. The summed E-state index contributed by atoms with van der Waals surface area (Å²) in [4.78, 5) is 37.5. The van der Waals surface area contributed by atoms with Crippen LogP contribution in [0.1, 0.15) is 49.8 Å². The first kappa shape index (κ1) is 20.7. The Labute approximate surface area is 187 Å². The molecule has 2 aliphatic heterocycles. The average Bonchev–Trinajstić information content (AvgIpc) is 2.84. The zero-order chi connectivity index (χ0) is 22.1. The molecule has 2 aromatic heterocycles. The first-order valence-electron chi connectivity index (χ1n) is 11.6. The number of hydrogen-bond donors (Lipinski definition) is 2. The van der Waals surface area contributed by atoms with Gasteiger partial charge in [-0.1, -0.05) is 17.7 Å². The van der Waals surface area contributed by atoms with Gasteiger partial charge >= 0.3 is 0 Å². The Morgan fingerprint density at radius 3 is 2.88 bits per heavy atom. The number of piperidine rings is 1. The largest absolute Gasteiger partial charge is 0.370 e. The second-order valence-corrected chi connectivity index (χ2v) is 9.01. The molecular formula is C24H30N6O2. The SMILES string of the molecule is CNc1nccnc1N1C[C@@H]2C[C@H](C1)[C@H](C(=O)NCC1=CCCCC1)n1c2cccc1=O. The van der Waals surface area contributed by atoms with Crippen molar-refractivity contribution in [2.45, 2.75) is 44.1 Å². The molecule has 3 aliphatic rings. The molecule has 0 saturated carbocycles. The van der Waals surface area contributed by atoms with Crippen LogP contribution in [0.4, 0.5) is 11.6 Å². The highest BCUT2D eigenvalue weighted by Crippen LogP contribution is 2.42. The Morgan fingerprint density at radius 2 is 2.06 bits per heavy atom. The molecule has 8 nitrogen and oxygen atoms in total. The Balaban J connectivity index is 1.46. The van der Waals surface area contributed by atoms with E-state index < -0.39 is 6.04 Å². The molecule has 4 heterocycles. The monoisotopic (exact) mass is 434 g/mol. The number of nitrogens with zero attached hydrogens (tertiary/aromatic N) is 4. The van der Waals surface area contributed by atoms with Crippen LogP contribution in [0.5, 0.6) is 0 Å². The van der Waals surface area contributed by atoms with Crippen LogP contribution in [0.15, 0.2) is 47.0 Å². The van der Waals surface area contributed by atoms with E-state index in [0.29, 0.717) is 13.1 Å². The number of anilines is 2. The zero-order valence-electron chi connectivity index (χ0n) is 18.5. The average molecular weight is 435 g/mol. The van der Waals surface area contributed by atoms with Crippen LogP contribution < -0.4 is 21.1 Å². The summed E-state index contributed by atoms with van der Waals surface area (Å²) in [5.41, 5.74) is 2.13. The van der Waals surface area contributed by atoms with E-state index in [2.05, 4.69) is 31.6 Å². The number of fused-ring (bicyclic) bond motifs is 4. The van der Waals surface area contributed by atoms with Crippen LogP contribution in [0.25, 0.3) is 0 Å². The minimum atomic E-state index is -0.517. The molecule has 8 heteroatoms. The molecule has 2 N–H and O–H groups in total. The van der Waals surface area contributed by atoms with Crippen LogP contribution in [0.2, 0.25) is 0 Å². The van der Waals surface area contributed by atoms with E-state index in [9.17, 15) is 9.59 Å². The van der Waals surface area contributed by atoms with Crippen molar-refractivity contribution in [3.63, 3.8) is 0 Å². The van der Waals surface area contributed by atoms with Crippen molar-refractivity contribution in [1.82, 2.24) is 19.9 Å². The number of pyridine rings is 1. The lowest BCUT2D eigenvalue weighted by Gasteiger charge is -2.46. The van der Waals surface area contributed by atoms with Crippen molar-refractivity contribution in [3.8, 4) is 0 Å². The maximum atomic E-state index is 13.5. The van der Waals surface area contributed by atoms with E-state index in [1.54, 1.807) is 29.1 Å². The third kappa shape index (κ3) is 3.78. The van der Waals surface area contributed by atoms with Crippen molar-refractivity contribution in [3.05, 3.63) is 58.3 Å². The summed E-state index contributed by atoms with van der Waals surface area (Å²) in [5.74, 6) is 1.64. The van der Waals surface area contributed by atoms with E-state index in [0.717, 1.165) is 43.1 Å². The fourth-order valence-electron chi connectivity index (χ4n) is 5.55. The molecule has 3 atom stereocenters. The van der Waals surface area contributed by atoms with Crippen LogP contribution in [-0.4, -0.2) is 47.1 Å². The summed E-state index contributed by atoms with van der Waals surface area (Å²) in [6.07, 6.45) is 11.0. The summed E-state index contributed by atoms with van der Waals surface area (Å²) in [7, 11) is 1.84. The number of amides is 1. The van der Waals surface area contributed by atoms with Gasteiger partial charge in [0, 0.05) is 62.7 Å². The van der Waals surface area contributed by atoms with Crippen LogP contribution >= 0.6 is 0 Å². The van der Waals surface area contributed by atoms with Gasteiger partial charge in [0.25, 0.3) is 5.56 Å². The molecule has 2 aromatic rings. The van der Waals surface area contributed by atoms with Gasteiger partial charge in [-0.25, -0.2) is 9.97 Å². The highest BCUT2D eigenvalue weighted by atomic mass is 16.2. The fourth-order valence-corrected chi connectivity index (χ4v) is 5.55. The molecule has 1 amide bonds. The fraction of sp³-hybridized carbons (Fsp3) is 0.500. The van der Waals surface area contributed by atoms with E-state index in [1.807, 2.05) is 13.1 Å². The molecular weight excluding hydrogens is 404 g/mol. The minimum absolute atomic E-state index is 0.0217. The predicted octanol–water partition coefficient (Wildman–Crippen LogP) is 2.46. The smallest absolute Gasteiger partial charge is 0.251 e. The zero-order valence-corrected chi connectivity index (χ0v) is 18.5.